The summed E-state index contributed by atoms with van der Waals surface area (Å²) in [5, 5.41) is 0. The van der Waals surface area contributed by atoms with Gasteiger partial charge in [-0.3, -0.25) is 0 Å². The van der Waals surface area contributed by atoms with Crippen LogP contribution in [-0.4, -0.2) is 30.6 Å². The third kappa shape index (κ3) is 6.42. The third-order valence-corrected chi connectivity index (χ3v) is 3.99. The Balaban J connectivity index is 2.08. The fourth-order valence-corrected chi connectivity index (χ4v) is 3.04. The van der Waals surface area contributed by atoms with Gasteiger partial charge in [0.1, 0.15) is 0 Å². The second-order valence-electron chi connectivity index (χ2n) is 6.22. The molecule has 3 atom stereocenters. The average Bonchev–Trinajstić information content (AvgIpc) is 2.65. The lowest BCUT2D eigenvalue weighted by Crippen LogP contribution is -2.26. The van der Waals surface area contributed by atoms with Gasteiger partial charge in [-0.15, -0.1) is 0 Å². The van der Waals surface area contributed by atoms with Crippen molar-refractivity contribution >= 4 is 0 Å². The first-order chi connectivity index (χ1) is 8.11. The Hall–Kier alpha value is -0.0800. The highest BCUT2D eigenvalue weighted by molar-refractivity contribution is 4.76. The highest BCUT2D eigenvalue weighted by atomic mass is 15.1. The van der Waals surface area contributed by atoms with E-state index in [1.807, 2.05) is 0 Å². The minimum absolute atomic E-state index is 0.378. The van der Waals surface area contributed by atoms with Gasteiger partial charge in [0, 0.05) is 19.1 Å². The maximum absolute atomic E-state index is 5.78. The van der Waals surface area contributed by atoms with Crippen LogP contribution in [0.25, 0.3) is 0 Å². The topological polar surface area (TPSA) is 29.3 Å². The van der Waals surface area contributed by atoms with Crippen molar-refractivity contribution in [2.75, 3.05) is 19.6 Å². The molecular formula is C15H32N2. The normalized spacial score (nSPS) is 25.1. The smallest absolute Gasteiger partial charge is 0.00104 e. The van der Waals surface area contributed by atoms with Gasteiger partial charge in [-0.25, -0.2) is 0 Å². The Labute approximate surface area is 108 Å². The van der Waals surface area contributed by atoms with Crippen LogP contribution in [0.2, 0.25) is 0 Å². The molecule has 1 heterocycles. The number of hydrogen-bond donors (Lipinski definition) is 1. The maximum atomic E-state index is 5.78. The standard InChI is InChI=1S/C15H32N2/c1-4-6-15-9-10-17(12-15)11-13(2)7-5-8-14(3)16/h13-15H,4-12,16H2,1-3H3. The van der Waals surface area contributed by atoms with Gasteiger partial charge in [0.05, 0.1) is 0 Å². The molecular weight excluding hydrogens is 208 g/mol. The second kappa shape index (κ2) is 8.10. The molecule has 0 aromatic heterocycles. The molecule has 1 saturated heterocycles. The summed E-state index contributed by atoms with van der Waals surface area (Å²) < 4.78 is 0. The van der Waals surface area contributed by atoms with Gasteiger partial charge < -0.3 is 10.6 Å². The zero-order chi connectivity index (χ0) is 12.7. The van der Waals surface area contributed by atoms with Crippen LogP contribution in [0.15, 0.2) is 0 Å². The Morgan fingerprint density at radius 3 is 2.71 bits per heavy atom. The van der Waals surface area contributed by atoms with Crippen molar-refractivity contribution in [3.8, 4) is 0 Å². The fraction of sp³-hybridized carbons (Fsp3) is 1.00. The van der Waals surface area contributed by atoms with Crippen molar-refractivity contribution in [2.45, 2.75) is 65.3 Å². The summed E-state index contributed by atoms with van der Waals surface area (Å²) >= 11 is 0. The molecule has 2 nitrogen and oxygen atoms in total. The van der Waals surface area contributed by atoms with E-state index >= 15 is 0 Å². The number of hydrogen-bond acceptors (Lipinski definition) is 2. The highest BCUT2D eigenvalue weighted by Gasteiger charge is 2.22. The van der Waals surface area contributed by atoms with E-state index in [0.717, 1.165) is 11.8 Å². The van der Waals surface area contributed by atoms with Gasteiger partial charge in [-0.2, -0.15) is 0 Å². The first-order valence-corrected chi connectivity index (χ1v) is 7.59. The van der Waals surface area contributed by atoms with E-state index in [9.17, 15) is 0 Å². The average molecular weight is 240 g/mol. The summed E-state index contributed by atoms with van der Waals surface area (Å²) in [6.07, 6.45) is 8.03. The lowest BCUT2D eigenvalue weighted by atomic mass is 10.0. The van der Waals surface area contributed by atoms with E-state index < -0.39 is 0 Å². The predicted octanol–water partition coefficient (Wildman–Crippen LogP) is 3.26. The summed E-state index contributed by atoms with van der Waals surface area (Å²) in [4.78, 5) is 2.68. The molecule has 1 fully saturated rings. The number of nitrogens with zero attached hydrogens (tertiary/aromatic N) is 1. The minimum atomic E-state index is 0.378. The Kier molecular flexibility index (Phi) is 7.14. The molecule has 1 aliphatic heterocycles. The molecule has 0 aliphatic carbocycles. The molecule has 0 saturated carbocycles. The lowest BCUT2D eigenvalue weighted by molar-refractivity contribution is 0.265. The predicted molar refractivity (Wildman–Crippen MR) is 76.1 cm³/mol. The van der Waals surface area contributed by atoms with E-state index in [1.165, 1.54) is 58.2 Å². The molecule has 0 bridgehead atoms. The van der Waals surface area contributed by atoms with E-state index in [4.69, 9.17) is 5.73 Å². The number of rotatable bonds is 8. The molecule has 17 heavy (non-hydrogen) atoms. The van der Waals surface area contributed by atoms with E-state index in [1.54, 1.807) is 0 Å². The summed E-state index contributed by atoms with van der Waals surface area (Å²) in [7, 11) is 0. The monoisotopic (exact) mass is 240 g/mol. The zero-order valence-corrected chi connectivity index (χ0v) is 12.1. The van der Waals surface area contributed by atoms with Crippen LogP contribution >= 0.6 is 0 Å². The van der Waals surface area contributed by atoms with E-state index in [2.05, 4.69) is 25.7 Å². The van der Waals surface area contributed by atoms with Gasteiger partial charge in [0.15, 0.2) is 0 Å². The molecule has 1 aliphatic rings. The van der Waals surface area contributed by atoms with Crippen LogP contribution in [0.1, 0.15) is 59.3 Å². The van der Waals surface area contributed by atoms with Gasteiger partial charge >= 0.3 is 0 Å². The summed E-state index contributed by atoms with van der Waals surface area (Å²) in [6.45, 7) is 10.8. The maximum Gasteiger partial charge on any atom is 0.00104 e. The molecule has 3 unspecified atom stereocenters. The van der Waals surface area contributed by atoms with Crippen LogP contribution in [0, 0.1) is 11.8 Å². The van der Waals surface area contributed by atoms with Gasteiger partial charge in [-0.1, -0.05) is 26.7 Å². The van der Waals surface area contributed by atoms with Gasteiger partial charge in [0.25, 0.3) is 0 Å². The summed E-state index contributed by atoms with van der Waals surface area (Å²) in [5.74, 6) is 1.82. The first kappa shape index (κ1) is 15.0. The van der Waals surface area contributed by atoms with Crippen molar-refractivity contribution in [1.29, 1.82) is 0 Å². The van der Waals surface area contributed by atoms with Crippen LogP contribution in [0.5, 0.6) is 0 Å². The van der Waals surface area contributed by atoms with Crippen molar-refractivity contribution in [2.24, 2.45) is 17.6 Å². The van der Waals surface area contributed by atoms with Crippen LogP contribution < -0.4 is 5.73 Å². The van der Waals surface area contributed by atoms with Crippen molar-refractivity contribution < 1.29 is 0 Å². The molecule has 2 N–H and O–H groups in total. The number of nitrogens with two attached hydrogens (primary N) is 1. The van der Waals surface area contributed by atoms with Crippen molar-refractivity contribution in [3.05, 3.63) is 0 Å². The van der Waals surface area contributed by atoms with E-state index in [-0.39, 0.29) is 0 Å². The van der Waals surface area contributed by atoms with Crippen molar-refractivity contribution in [1.82, 2.24) is 4.90 Å². The molecule has 0 amide bonds. The highest BCUT2D eigenvalue weighted by Crippen LogP contribution is 2.22. The molecule has 0 radical (unpaired) electrons. The van der Waals surface area contributed by atoms with Gasteiger partial charge in [0.2, 0.25) is 0 Å². The SMILES string of the molecule is CCCC1CCN(CC(C)CCCC(C)N)C1. The Morgan fingerprint density at radius 1 is 1.29 bits per heavy atom. The van der Waals surface area contributed by atoms with Crippen molar-refractivity contribution in [3.63, 3.8) is 0 Å². The number of likely N-dealkylation sites (tertiary alicyclic amines) is 1. The largest absolute Gasteiger partial charge is 0.328 e. The second-order valence-corrected chi connectivity index (χ2v) is 6.22. The fourth-order valence-electron chi connectivity index (χ4n) is 3.04. The molecule has 0 spiro atoms. The summed E-state index contributed by atoms with van der Waals surface area (Å²) in [5.41, 5.74) is 5.78. The van der Waals surface area contributed by atoms with Crippen LogP contribution in [0.3, 0.4) is 0 Å². The molecule has 0 aromatic carbocycles. The molecule has 2 heteroatoms. The van der Waals surface area contributed by atoms with Crippen LogP contribution in [0.4, 0.5) is 0 Å². The quantitative estimate of drug-likeness (QED) is 0.705. The Bertz CT molecular complexity index is 191. The third-order valence-electron chi connectivity index (χ3n) is 3.99. The lowest BCUT2D eigenvalue weighted by Gasteiger charge is -2.21. The van der Waals surface area contributed by atoms with E-state index in [0.29, 0.717) is 6.04 Å². The minimum Gasteiger partial charge on any atom is -0.328 e. The van der Waals surface area contributed by atoms with Crippen LogP contribution in [-0.2, 0) is 0 Å². The zero-order valence-electron chi connectivity index (χ0n) is 12.1. The molecule has 1 rings (SSSR count). The molecule has 0 aromatic rings. The summed E-state index contributed by atoms with van der Waals surface area (Å²) in [6, 6.07) is 0.378. The molecule has 102 valence electrons. The first-order valence-electron chi connectivity index (χ1n) is 7.59. The Morgan fingerprint density at radius 2 is 2.06 bits per heavy atom. The van der Waals surface area contributed by atoms with Gasteiger partial charge in [-0.05, 0) is 51.0 Å².